The third-order valence-electron chi connectivity index (χ3n) is 2.96. The van der Waals surface area contributed by atoms with Crippen LogP contribution in [-0.4, -0.2) is 9.13 Å². The van der Waals surface area contributed by atoms with E-state index in [9.17, 15) is 9.59 Å². The summed E-state index contributed by atoms with van der Waals surface area (Å²) in [5.74, 6) is 0. The predicted octanol–water partition coefficient (Wildman–Crippen LogP) is 0.991. The first-order chi connectivity index (χ1) is 9.06. The van der Waals surface area contributed by atoms with Crippen LogP contribution < -0.4 is 16.9 Å². The zero-order chi connectivity index (χ0) is 13.8. The Morgan fingerprint density at radius 1 is 1.05 bits per heavy atom. The van der Waals surface area contributed by atoms with E-state index in [1.54, 1.807) is 33.7 Å². The number of nitrogens with zero attached hydrogens (tertiary/aromatic N) is 2. The van der Waals surface area contributed by atoms with Crippen LogP contribution in [0, 0.1) is 6.92 Å². The smallest absolute Gasteiger partial charge is 0.250 e. The average Bonchev–Trinajstić information content (AvgIpc) is 2.36. The Kier molecular flexibility index (Phi) is 3.85. The summed E-state index contributed by atoms with van der Waals surface area (Å²) in [6.07, 6.45) is 4.10. The SMILES string of the molecule is Cc1ccn(CCCn2cc(N)ccc2=O)c(=O)c1. The summed E-state index contributed by atoms with van der Waals surface area (Å²) in [6.45, 7) is 3.02. The van der Waals surface area contributed by atoms with E-state index in [0.29, 0.717) is 25.2 Å². The maximum atomic E-state index is 11.7. The van der Waals surface area contributed by atoms with Crippen LogP contribution in [0.25, 0.3) is 0 Å². The van der Waals surface area contributed by atoms with Crippen LogP contribution in [0.15, 0.2) is 46.2 Å². The maximum Gasteiger partial charge on any atom is 0.250 e. The van der Waals surface area contributed by atoms with Crippen molar-refractivity contribution in [1.82, 2.24) is 9.13 Å². The van der Waals surface area contributed by atoms with Gasteiger partial charge in [-0.15, -0.1) is 0 Å². The number of rotatable bonds is 4. The van der Waals surface area contributed by atoms with Gasteiger partial charge < -0.3 is 14.9 Å². The zero-order valence-electron chi connectivity index (χ0n) is 10.9. The molecule has 100 valence electrons. The Hall–Kier alpha value is -2.30. The van der Waals surface area contributed by atoms with Gasteiger partial charge in [0.1, 0.15) is 0 Å². The van der Waals surface area contributed by atoms with Crippen molar-refractivity contribution >= 4 is 5.69 Å². The van der Waals surface area contributed by atoms with Gasteiger partial charge in [0.2, 0.25) is 0 Å². The number of nitrogen functional groups attached to an aromatic ring is 1. The Morgan fingerprint density at radius 2 is 1.79 bits per heavy atom. The second-order valence-electron chi connectivity index (χ2n) is 4.58. The van der Waals surface area contributed by atoms with E-state index in [2.05, 4.69) is 0 Å². The van der Waals surface area contributed by atoms with Gasteiger partial charge in [-0.25, -0.2) is 0 Å². The quantitative estimate of drug-likeness (QED) is 0.890. The standard InChI is InChI=1S/C14H17N3O2/c1-11-5-8-16(14(19)9-11)6-2-7-17-10-12(15)3-4-13(17)18/h3-5,8-10H,2,6-7,15H2,1H3. The largest absolute Gasteiger partial charge is 0.398 e. The molecule has 0 bridgehead atoms. The van der Waals surface area contributed by atoms with Crippen molar-refractivity contribution in [1.29, 1.82) is 0 Å². The first kappa shape index (κ1) is 13.1. The Bertz CT molecular complexity index is 686. The van der Waals surface area contributed by atoms with E-state index < -0.39 is 0 Å². The normalized spacial score (nSPS) is 10.6. The minimum absolute atomic E-state index is 0.0140. The van der Waals surface area contributed by atoms with Gasteiger partial charge in [0.15, 0.2) is 0 Å². The van der Waals surface area contributed by atoms with Crippen molar-refractivity contribution in [2.24, 2.45) is 0 Å². The van der Waals surface area contributed by atoms with Crippen LogP contribution in [0.1, 0.15) is 12.0 Å². The van der Waals surface area contributed by atoms with Crippen molar-refractivity contribution in [2.75, 3.05) is 5.73 Å². The molecular weight excluding hydrogens is 242 g/mol. The lowest BCUT2D eigenvalue weighted by Gasteiger charge is -2.08. The van der Waals surface area contributed by atoms with Gasteiger partial charge in [-0.2, -0.15) is 0 Å². The summed E-state index contributed by atoms with van der Waals surface area (Å²) in [7, 11) is 0. The first-order valence-corrected chi connectivity index (χ1v) is 6.19. The topological polar surface area (TPSA) is 70.0 Å². The summed E-state index contributed by atoms with van der Waals surface area (Å²) in [5, 5.41) is 0. The Morgan fingerprint density at radius 3 is 2.53 bits per heavy atom. The fourth-order valence-corrected chi connectivity index (χ4v) is 1.93. The molecule has 0 saturated carbocycles. The second kappa shape index (κ2) is 5.56. The third-order valence-corrected chi connectivity index (χ3v) is 2.96. The molecule has 0 amide bonds. The molecule has 2 aromatic heterocycles. The molecule has 0 aliphatic heterocycles. The number of aryl methyl sites for hydroxylation is 3. The molecule has 0 radical (unpaired) electrons. The molecule has 0 fully saturated rings. The number of nitrogens with two attached hydrogens (primary N) is 1. The molecular formula is C14H17N3O2. The summed E-state index contributed by atoms with van der Waals surface area (Å²) in [4.78, 5) is 23.2. The van der Waals surface area contributed by atoms with Crippen molar-refractivity contribution in [2.45, 2.75) is 26.4 Å². The molecule has 0 aliphatic carbocycles. The average molecular weight is 259 g/mol. The zero-order valence-corrected chi connectivity index (χ0v) is 10.9. The Balaban J connectivity index is 2.02. The van der Waals surface area contributed by atoms with E-state index in [4.69, 9.17) is 5.73 Å². The lowest BCUT2D eigenvalue weighted by molar-refractivity contribution is 0.543. The fourth-order valence-electron chi connectivity index (χ4n) is 1.93. The lowest BCUT2D eigenvalue weighted by atomic mass is 10.3. The van der Waals surface area contributed by atoms with Crippen LogP contribution in [0.3, 0.4) is 0 Å². The van der Waals surface area contributed by atoms with Crippen molar-refractivity contribution < 1.29 is 0 Å². The number of aromatic nitrogens is 2. The van der Waals surface area contributed by atoms with Gasteiger partial charge in [0, 0.05) is 43.3 Å². The summed E-state index contributed by atoms with van der Waals surface area (Å²) >= 11 is 0. The molecule has 0 aromatic carbocycles. The van der Waals surface area contributed by atoms with Crippen LogP contribution in [0.5, 0.6) is 0 Å². The predicted molar refractivity (Wildman–Crippen MR) is 75.2 cm³/mol. The number of anilines is 1. The summed E-state index contributed by atoms with van der Waals surface area (Å²) in [6, 6.07) is 6.54. The molecule has 0 unspecified atom stereocenters. The van der Waals surface area contributed by atoms with E-state index in [-0.39, 0.29) is 11.1 Å². The molecule has 2 aromatic rings. The highest BCUT2D eigenvalue weighted by molar-refractivity contribution is 5.33. The fraction of sp³-hybridized carbons (Fsp3) is 0.286. The van der Waals surface area contributed by atoms with E-state index in [1.807, 2.05) is 13.0 Å². The number of hydrogen-bond donors (Lipinski definition) is 1. The monoisotopic (exact) mass is 259 g/mol. The minimum atomic E-state index is -0.0783. The van der Waals surface area contributed by atoms with Crippen molar-refractivity contribution in [3.8, 4) is 0 Å². The van der Waals surface area contributed by atoms with Crippen LogP contribution in [0.2, 0.25) is 0 Å². The first-order valence-electron chi connectivity index (χ1n) is 6.19. The van der Waals surface area contributed by atoms with Crippen LogP contribution in [-0.2, 0) is 13.1 Å². The van der Waals surface area contributed by atoms with Gasteiger partial charge in [-0.05, 0) is 31.0 Å². The molecule has 2 heterocycles. The summed E-state index contributed by atoms with van der Waals surface area (Å²) < 4.78 is 3.21. The Labute approximate surface area is 110 Å². The van der Waals surface area contributed by atoms with Crippen LogP contribution >= 0.6 is 0 Å². The highest BCUT2D eigenvalue weighted by Crippen LogP contribution is 1.98. The number of hydrogen-bond acceptors (Lipinski definition) is 3. The highest BCUT2D eigenvalue weighted by Gasteiger charge is 1.99. The molecule has 2 N–H and O–H groups in total. The van der Waals surface area contributed by atoms with Crippen molar-refractivity contribution in [3.05, 3.63) is 62.9 Å². The maximum absolute atomic E-state index is 11.7. The number of pyridine rings is 2. The van der Waals surface area contributed by atoms with Gasteiger partial charge in [-0.3, -0.25) is 9.59 Å². The highest BCUT2D eigenvalue weighted by atomic mass is 16.1. The second-order valence-corrected chi connectivity index (χ2v) is 4.58. The van der Waals surface area contributed by atoms with Gasteiger partial charge in [0.25, 0.3) is 11.1 Å². The van der Waals surface area contributed by atoms with Crippen LogP contribution in [0.4, 0.5) is 5.69 Å². The molecule has 19 heavy (non-hydrogen) atoms. The van der Waals surface area contributed by atoms with Gasteiger partial charge in [0.05, 0.1) is 0 Å². The third kappa shape index (κ3) is 3.34. The van der Waals surface area contributed by atoms with E-state index in [1.165, 1.54) is 6.07 Å². The molecule has 2 rings (SSSR count). The molecule has 5 heteroatoms. The molecule has 5 nitrogen and oxygen atoms in total. The summed E-state index contributed by atoms with van der Waals surface area (Å²) in [5.41, 5.74) is 7.06. The minimum Gasteiger partial charge on any atom is -0.398 e. The van der Waals surface area contributed by atoms with Gasteiger partial charge in [-0.1, -0.05) is 0 Å². The molecule has 0 atom stereocenters. The lowest BCUT2D eigenvalue weighted by Crippen LogP contribution is -2.22. The molecule has 0 spiro atoms. The van der Waals surface area contributed by atoms with E-state index in [0.717, 1.165) is 5.56 Å². The van der Waals surface area contributed by atoms with E-state index >= 15 is 0 Å². The molecule has 0 saturated heterocycles. The molecule has 0 aliphatic rings. The van der Waals surface area contributed by atoms with Gasteiger partial charge >= 0.3 is 0 Å². The van der Waals surface area contributed by atoms with Crippen molar-refractivity contribution in [3.63, 3.8) is 0 Å².